The Morgan fingerprint density at radius 3 is 2.32 bits per heavy atom. The third kappa shape index (κ3) is 5.87. The van der Waals surface area contributed by atoms with Gasteiger partial charge in [-0.1, -0.05) is 49.4 Å². The zero-order valence-electron chi connectivity index (χ0n) is 22.4. The van der Waals surface area contributed by atoms with Gasteiger partial charge in [-0.05, 0) is 56.0 Å². The van der Waals surface area contributed by atoms with Gasteiger partial charge in [0.1, 0.15) is 12.1 Å². The molecule has 2 aromatic carbocycles. The van der Waals surface area contributed by atoms with Crippen molar-refractivity contribution >= 4 is 5.69 Å². The maximum absolute atomic E-state index is 13.4. The Kier molecular flexibility index (Phi) is 8.29. The van der Waals surface area contributed by atoms with E-state index in [4.69, 9.17) is 4.74 Å². The minimum atomic E-state index is -0.132. The van der Waals surface area contributed by atoms with Gasteiger partial charge in [-0.15, -0.1) is 0 Å². The molecule has 2 aliphatic rings. The molecule has 1 aromatic heterocycles. The second-order valence-corrected chi connectivity index (χ2v) is 10.4. The first kappa shape index (κ1) is 26.3. The summed E-state index contributed by atoms with van der Waals surface area (Å²) in [4.78, 5) is 18.3. The van der Waals surface area contributed by atoms with Gasteiger partial charge in [0, 0.05) is 37.9 Å². The molecule has 1 fully saturated rings. The van der Waals surface area contributed by atoms with Crippen LogP contribution in [0.1, 0.15) is 50.8 Å². The number of piperazine rings is 1. The maximum Gasteiger partial charge on any atom is 0.346 e. The van der Waals surface area contributed by atoms with E-state index in [0.717, 1.165) is 56.7 Å². The third-order valence-electron chi connectivity index (χ3n) is 8.02. The quantitative estimate of drug-likeness (QED) is 0.425. The number of aromatic nitrogens is 3. The third-order valence-corrected chi connectivity index (χ3v) is 8.02. The van der Waals surface area contributed by atoms with Crippen LogP contribution in [0, 0.1) is 0 Å². The van der Waals surface area contributed by atoms with E-state index in [0.29, 0.717) is 18.4 Å². The first-order chi connectivity index (χ1) is 18.5. The van der Waals surface area contributed by atoms with Crippen molar-refractivity contribution in [3.05, 3.63) is 89.1 Å². The smallest absolute Gasteiger partial charge is 0.346 e. The molecule has 1 saturated heterocycles. The largest absolute Gasteiger partial charge is 0.508 e. The van der Waals surface area contributed by atoms with Crippen LogP contribution in [0.4, 0.5) is 5.69 Å². The van der Waals surface area contributed by atoms with Gasteiger partial charge >= 0.3 is 5.69 Å². The van der Waals surface area contributed by atoms with Crippen molar-refractivity contribution in [2.75, 3.05) is 31.1 Å². The van der Waals surface area contributed by atoms with Crippen LogP contribution in [0.2, 0.25) is 0 Å². The molecule has 0 amide bonds. The summed E-state index contributed by atoms with van der Waals surface area (Å²) in [5.74, 6) is 0.301. The normalized spacial score (nSPS) is 21.9. The number of ether oxygens (including phenoxy) is 1. The van der Waals surface area contributed by atoms with Crippen molar-refractivity contribution in [3.8, 4) is 5.75 Å². The minimum absolute atomic E-state index is 0.0313. The number of aromatic hydroxyl groups is 1. The zero-order valence-corrected chi connectivity index (χ0v) is 22.4. The van der Waals surface area contributed by atoms with Gasteiger partial charge in [0.25, 0.3) is 0 Å². The summed E-state index contributed by atoms with van der Waals surface area (Å²) in [5, 5.41) is 14.1. The number of allylic oxidation sites excluding steroid dienone is 1. The van der Waals surface area contributed by atoms with Crippen LogP contribution in [0.3, 0.4) is 0 Å². The van der Waals surface area contributed by atoms with Crippen LogP contribution in [0.15, 0.2) is 77.9 Å². The standard InChI is InChI=1S/C30H39N5O3/c1-3-29(23(2)38-21-24-7-5-4-6-8-24)35-30(37)34(22-31-35)27-11-9-25(10-12-27)32-17-19-33(20-18-32)26-13-15-28(36)16-14-26/h4-9,11,13-16,22-23,25,27,29,36H,3,10,12,17-21H2,1-2H3/t23-,25-,27-,29-/m0/s1. The average Bonchev–Trinajstić information content (AvgIpc) is 3.34. The molecule has 0 radical (unpaired) electrons. The second kappa shape index (κ2) is 12.0. The summed E-state index contributed by atoms with van der Waals surface area (Å²) in [5.41, 5.74) is 2.21. The van der Waals surface area contributed by atoms with E-state index in [9.17, 15) is 9.90 Å². The molecule has 0 unspecified atom stereocenters. The molecule has 202 valence electrons. The number of benzene rings is 2. The monoisotopic (exact) mass is 517 g/mol. The maximum atomic E-state index is 13.4. The van der Waals surface area contributed by atoms with Crippen molar-refractivity contribution in [2.45, 2.75) is 63.9 Å². The van der Waals surface area contributed by atoms with Gasteiger partial charge in [0.05, 0.1) is 24.8 Å². The van der Waals surface area contributed by atoms with Crippen molar-refractivity contribution in [2.24, 2.45) is 0 Å². The van der Waals surface area contributed by atoms with Gasteiger partial charge < -0.3 is 14.7 Å². The lowest BCUT2D eigenvalue weighted by atomic mass is 9.96. The van der Waals surface area contributed by atoms with Crippen molar-refractivity contribution in [1.82, 2.24) is 19.2 Å². The van der Waals surface area contributed by atoms with Crippen LogP contribution in [-0.4, -0.2) is 62.7 Å². The number of hydrogen-bond acceptors (Lipinski definition) is 6. The summed E-state index contributed by atoms with van der Waals surface area (Å²) < 4.78 is 9.51. The molecule has 38 heavy (non-hydrogen) atoms. The SMILES string of the molecule is CC[C@@H]([C@H](C)OCc1ccccc1)n1ncn([C@H]2C=C[C@H](N3CCN(c4ccc(O)cc4)CC3)CC2)c1=O. The van der Waals surface area contributed by atoms with Gasteiger partial charge in [-0.2, -0.15) is 5.10 Å². The molecule has 3 aromatic rings. The van der Waals surface area contributed by atoms with Crippen LogP contribution in [0.5, 0.6) is 5.75 Å². The summed E-state index contributed by atoms with van der Waals surface area (Å²) in [7, 11) is 0. The highest BCUT2D eigenvalue weighted by Crippen LogP contribution is 2.27. The molecule has 0 bridgehead atoms. The van der Waals surface area contributed by atoms with Gasteiger partial charge in [-0.3, -0.25) is 9.47 Å². The molecule has 8 nitrogen and oxygen atoms in total. The molecule has 8 heteroatoms. The number of hydrogen-bond donors (Lipinski definition) is 1. The molecule has 1 N–H and O–H groups in total. The number of anilines is 1. The highest BCUT2D eigenvalue weighted by atomic mass is 16.5. The summed E-state index contributed by atoms with van der Waals surface area (Å²) in [6, 6.07) is 17.9. The van der Waals surface area contributed by atoms with E-state index in [1.165, 1.54) is 0 Å². The summed E-state index contributed by atoms with van der Waals surface area (Å²) in [6.45, 7) is 8.54. The second-order valence-electron chi connectivity index (χ2n) is 10.4. The molecule has 4 atom stereocenters. The number of phenolic OH excluding ortho intramolecular Hbond substituents is 1. The van der Waals surface area contributed by atoms with E-state index in [-0.39, 0.29) is 23.9 Å². The Balaban J connectivity index is 1.17. The molecule has 0 saturated carbocycles. The van der Waals surface area contributed by atoms with E-state index in [1.807, 2.05) is 49.4 Å². The topological polar surface area (TPSA) is 75.8 Å². The Morgan fingerprint density at radius 2 is 1.66 bits per heavy atom. The van der Waals surface area contributed by atoms with E-state index < -0.39 is 0 Å². The highest BCUT2D eigenvalue weighted by Gasteiger charge is 2.28. The average molecular weight is 518 g/mol. The Labute approximate surface area is 224 Å². The van der Waals surface area contributed by atoms with E-state index in [1.54, 1.807) is 27.7 Å². The highest BCUT2D eigenvalue weighted by molar-refractivity contribution is 5.49. The fraction of sp³-hybridized carbons (Fsp3) is 0.467. The molecular weight excluding hydrogens is 478 g/mol. The predicted molar refractivity (Wildman–Crippen MR) is 150 cm³/mol. The molecule has 1 aliphatic heterocycles. The van der Waals surface area contributed by atoms with Crippen molar-refractivity contribution in [1.29, 1.82) is 0 Å². The first-order valence-corrected chi connectivity index (χ1v) is 13.8. The molecule has 0 spiro atoms. The van der Waals surface area contributed by atoms with E-state index in [2.05, 4.69) is 34.0 Å². The lowest BCUT2D eigenvalue weighted by Gasteiger charge is -2.40. The van der Waals surface area contributed by atoms with Crippen LogP contribution in [-0.2, 0) is 11.3 Å². The van der Waals surface area contributed by atoms with Gasteiger partial charge in [-0.25, -0.2) is 9.48 Å². The lowest BCUT2D eigenvalue weighted by molar-refractivity contribution is 0.0116. The Hall–Kier alpha value is -3.36. The fourth-order valence-electron chi connectivity index (χ4n) is 5.70. The summed E-state index contributed by atoms with van der Waals surface area (Å²) >= 11 is 0. The number of rotatable bonds is 9. The molecular formula is C30H39N5O3. The first-order valence-electron chi connectivity index (χ1n) is 13.8. The number of phenols is 1. The molecule has 1 aliphatic carbocycles. The van der Waals surface area contributed by atoms with Crippen LogP contribution in [0.25, 0.3) is 0 Å². The Bertz CT molecular complexity index is 1240. The number of nitrogens with zero attached hydrogens (tertiary/aromatic N) is 5. The van der Waals surface area contributed by atoms with Gasteiger partial charge in [0.15, 0.2) is 0 Å². The summed E-state index contributed by atoms with van der Waals surface area (Å²) in [6.07, 6.45) is 8.73. The van der Waals surface area contributed by atoms with Crippen LogP contribution < -0.4 is 10.6 Å². The fourth-order valence-corrected chi connectivity index (χ4v) is 5.70. The lowest BCUT2D eigenvalue weighted by Crippen LogP contribution is -2.50. The Morgan fingerprint density at radius 1 is 0.974 bits per heavy atom. The predicted octanol–water partition coefficient (Wildman–Crippen LogP) is 4.39. The molecule has 5 rings (SSSR count). The minimum Gasteiger partial charge on any atom is -0.508 e. The van der Waals surface area contributed by atoms with Crippen molar-refractivity contribution in [3.63, 3.8) is 0 Å². The zero-order chi connectivity index (χ0) is 26.5. The van der Waals surface area contributed by atoms with E-state index >= 15 is 0 Å². The van der Waals surface area contributed by atoms with Crippen molar-refractivity contribution < 1.29 is 9.84 Å². The molecule has 2 heterocycles. The van der Waals surface area contributed by atoms with Gasteiger partial charge in [0.2, 0.25) is 0 Å². The van der Waals surface area contributed by atoms with Crippen LogP contribution >= 0.6 is 0 Å².